The van der Waals surface area contributed by atoms with Gasteiger partial charge in [-0.05, 0) is 25.0 Å². The number of hydrogen-bond donors (Lipinski definition) is 2. The Morgan fingerprint density at radius 2 is 2.00 bits per heavy atom. The minimum Gasteiger partial charge on any atom is -0.480 e. The van der Waals surface area contributed by atoms with Gasteiger partial charge in [0.25, 0.3) is 0 Å². The number of nitrogens with zero attached hydrogens (tertiary/aromatic N) is 5. The Balaban J connectivity index is 1.54. The van der Waals surface area contributed by atoms with Crippen LogP contribution < -0.4 is 5.32 Å². The van der Waals surface area contributed by atoms with E-state index in [0.29, 0.717) is 29.8 Å². The lowest BCUT2D eigenvalue weighted by Crippen LogP contribution is -2.32. The first kappa shape index (κ1) is 19.8. The molecule has 1 aromatic carbocycles. The van der Waals surface area contributed by atoms with E-state index in [9.17, 15) is 18.7 Å². The summed E-state index contributed by atoms with van der Waals surface area (Å²) in [4.78, 5) is 19.6. The molecule has 3 heterocycles. The lowest BCUT2D eigenvalue weighted by atomic mass is 10.2. The lowest BCUT2D eigenvalue weighted by molar-refractivity contribution is -0.138. The van der Waals surface area contributed by atoms with E-state index in [2.05, 4.69) is 25.5 Å². The molecule has 162 valence electrons. The molecule has 32 heavy (non-hydrogen) atoms. The Hall–Kier alpha value is -4.15. The van der Waals surface area contributed by atoms with E-state index in [1.807, 2.05) is 0 Å². The maximum Gasteiger partial charge on any atom is 0.329 e. The van der Waals surface area contributed by atoms with Crippen LogP contribution in [0.4, 0.5) is 14.6 Å². The molecule has 9 nitrogen and oxygen atoms in total. The van der Waals surface area contributed by atoms with Crippen LogP contribution >= 0.6 is 0 Å². The lowest BCUT2D eigenvalue weighted by Gasteiger charge is -2.13. The monoisotopic (exact) mass is 438 g/mol. The van der Waals surface area contributed by atoms with Gasteiger partial charge in [0.15, 0.2) is 17.5 Å². The zero-order valence-electron chi connectivity index (χ0n) is 16.5. The number of nitrogens with one attached hydrogen (secondary N) is 1. The molecule has 0 saturated heterocycles. The Kier molecular flexibility index (Phi) is 4.65. The van der Waals surface area contributed by atoms with Crippen molar-refractivity contribution in [3.05, 3.63) is 66.1 Å². The molecule has 4 aromatic rings. The molecule has 1 fully saturated rings. The zero-order valence-corrected chi connectivity index (χ0v) is 16.5. The van der Waals surface area contributed by atoms with Gasteiger partial charge in [0.2, 0.25) is 0 Å². The average Bonchev–Trinajstić information content (AvgIpc) is 3.18. The molecule has 1 aliphatic rings. The molecule has 0 unspecified atom stereocenters. The first-order chi connectivity index (χ1) is 15.4. The van der Waals surface area contributed by atoms with Gasteiger partial charge in [0.1, 0.15) is 29.0 Å². The fourth-order valence-electron chi connectivity index (χ4n) is 3.31. The number of benzene rings is 1. The van der Waals surface area contributed by atoms with E-state index < -0.39 is 17.3 Å². The fraction of sp³-hybridized carbons (Fsp3) is 0.190. The molecule has 2 N–H and O–H groups in total. The Bertz CT molecular complexity index is 1300. The van der Waals surface area contributed by atoms with Gasteiger partial charge < -0.3 is 14.9 Å². The van der Waals surface area contributed by atoms with E-state index in [4.69, 9.17) is 4.52 Å². The van der Waals surface area contributed by atoms with Gasteiger partial charge in [-0.3, -0.25) is 4.68 Å². The molecule has 1 aliphatic carbocycles. The van der Waals surface area contributed by atoms with Gasteiger partial charge in [-0.25, -0.2) is 23.5 Å². The van der Waals surface area contributed by atoms with Gasteiger partial charge in [0, 0.05) is 11.6 Å². The summed E-state index contributed by atoms with van der Waals surface area (Å²) in [5.41, 5.74) is 0.448. The molecular formula is C21H16F2N6O3. The summed E-state index contributed by atoms with van der Waals surface area (Å²) < 4.78 is 34.9. The highest BCUT2D eigenvalue weighted by molar-refractivity contribution is 5.86. The summed E-state index contributed by atoms with van der Waals surface area (Å²) in [6, 6.07) is 9.56. The number of aromatic nitrogens is 5. The van der Waals surface area contributed by atoms with E-state index >= 15 is 0 Å². The second kappa shape index (κ2) is 7.52. The van der Waals surface area contributed by atoms with E-state index in [-0.39, 0.29) is 29.7 Å². The number of anilines is 1. The molecule has 0 atom stereocenters. The van der Waals surface area contributed by atoms with Crippen molar-refractivity contribution in [1.29, 1.82) is 0 Å². The number of carbonyl (C=O) groups is 1. The zero-order chi connectivity index (χ0) is 22.3. The van der Waals surface area contributed by atoms with Crippen molar-refractivity contribution in [3.63, 3.8) is 0 Å². The van der Waals surface area contributed by atoms with Gasteiger partial charge in [-0.1, -0.05) is 23.4 Å². The number of carboxylic acids is 1. The third-order valence-corrected chi connectivity index (χ3v) is 5.25. The smallest absolute Gasteiger partial charge is 0.329 e. The van der Waals surface area contributed by atoms with Crippen LogP contribution in [0.1, 0.15) is 18.4 Å². The highest BCUT2D eigenvalue weighted by Crippen LogP contribution is 2.39. The van der Waals surface area contributed by atoms with Crippen molar-refractivity contribution < 1.29 is 23.2 Å². The predicted octanol–water partition coefficient (Wildman–Crippen LogP) is 3.35. The minimum absolute atomic E-state index is 0.0760. The maximum absolute atomic E-state index is 14.3. The van der Waals surface area contributed by atoms with Crippen molar-refractivity contribution in [1.82, 2.24) is 24.9 Å². The first-order valence-electron chi connectivity index (χ1n) is 9.72. The number of halogens is 2. The summed E-state index contributed by atoms with van der Waals surface area (Å²) in [5, 5.41) is 20.4. The highest BCUT2D eigenvalue weighted by Gasteiger charge is 2.51. The number of rotatable bonds is 7. The molecule has 3 aromatic heterocycles. The van der Waals surface area contributed by atoms with Gasteiger partial charge in [-0.2, -0.15) is 5.10 Å². The van der Waals surface area contributed by atoms with E-state index in [0.717, 1.165) is 6.20 Å². The minimum atomic E-state index is -1.22. The molecule has 5 rings (SSSR count). The van der Waals surface area contributed by atoms with E-state index in [1.165, 1.54) is 17.0 Å². The molecule has 0 amide bonds. The first-order valence-corrected chi connectivity index (χ1v) is 9.72. The van der Waals surface area contributed by atoms with Crippen LogP contribution in [-0.4, -0.2) is 41.5 Å². The molecule has 0 aliphatic heterocycles. The van der Waals surface area contributed by atoms with Crippen LogP contribution in [0, 0.1) is 11.6 Å². The summed E-state index contributed by atoms with van der Waals surface area (Å²) >= 11 is 0. The topological polar surface area (TPSA) is 119 Å². The summed E-state index contributed by atoms with van der Waals surface area (Å²) in [6.07, 6.45) is 3.09. The van der Waals surface area contributed by atoms with Crippen molar-refractivity contribution >= 4 is 11.8 Å². The summed E-state index contributed by atoms with van der Waals surface area (Å²) in [7, 11) is 0. The third kappa shape index (κ3) is 3.57. The van der Waals surface area contributed by atoms with Crippen LogP contribution in [0.2, 0.25) is 0 Å². The van der Waals surface area contributed by atoms with Crippen molar-refractivity contribution in [2.24, 2.45) is 0 Å². The Labute approximate surface area is 179 Å². The Morgan fingerprint density at radius 3 is 2.69 bits per heavy atom. The number of carboxylic acid groups (broad SMARTS) is 1. The second-order valence-electron chi connectivity index (χ2n) is 7.45. The molecule has 0 radical (unpaired) electrons. The normalized spacial score (nSPS) is 14.3. The second-order valence-corrected chi connectivity index (χ2v) is 7.45. The quantitative estimate of drug-likeness (QED) is 0.451. The maximum atomic E-state index is 14.3. The van der Waals surface area contributed by atoms with Gasteiger partial charge in [-0.15, -0.1) is 0 Å². The molecule has 0 bridgehead atoms. The molecular weight excluding hydrogens is 422 g/mol. The largest absolute Gasteiger partial charge is 0.480 e. The van der Waals surface area contributed by atoms with Crippen molar-refractivity contribution in [3.8, 4) is 22.9 Å². The van der Waals surface area contributed by atoms with Crippen LogP contribution in [0.25, 0.3) is 22.9 Å². The Morgan fingerprint density at radius 1 is 1.19 bits per heavy atom. The third-order valence-electron chi connectivity index (χ3n) is 5.25. The van der Waals surface area contributed by atoms with Crippen LogP contribution in [0.15, 0.2) is 53.4 Å². The number of aliphatic carboxylic acids is 1. The molecule has 1 saturated carbocycles. The summed E-state index contributed by atoms with van der Waals surface area (Å²) in [5.74, 6) is -2.37. The highest BCUT2D eigenvalue weighted by atomic mass is 19.1. The van der Waals surface area contributed by atoms with Crippen LogP contribution in [0.3, 0.4) is 0 Å². The standard InChI is InChI=1S/C21H16F2N6O3/c22-13-4-2-1-3-12(13)11-29-17(15-5-8-32-28-15)9-16(27-29)19-24-10-14(23)18(25-19)26-21(6-7-21)20(30)31/h1-5,8-10H,6-7,11H2,(H,30,31)(H,24,25,26). The van der Waals surface area contributed by atoms with Gasteiger partial charge in [0.05, 0.1) is 18.4 Å². The summed E-state index contributed by atoms with van der Waals surface area (Å²) in [6.45, 7) is 0.100. The van der Waals surface area contributed by atoms with Crippen LogP contribution in [0.5, 0.6) is 0 Å². The fourth-order valence-corrected chi connectivity index (χ4v) is 3.31. The van der Waals surface area contributed by atoms with Crippen molar-refractivity contribution in [2.45, 2.75) is 24.9 Å². The molecule has 0 spiro atoms. The van der Waals surface area contributed by atoms with Crippen LogP contribution in [-0.2, 0) is 11.3 Å². The SMILES string of the molecule is O=C(O)C1(Nc2nc(-c3cc(-c4ccon4)n(Cc4ccccc4F)n3)ncc2F)CC1. The predicted molar refractivity (Wildman–Crippen MR) is 107 cm³/mol. The van der Waals surface area contributed by atoms with Gasteiger partial charge >= 0.3 is 5.97 Å². The van der Waals surface area contributed by atoms with E-state index in [1.54, 1.807) is 30.3 Å². The number of hydrogen-bond acceptors (Lipinski definition) is 7. The van der Waals surface area contributed by atoms with Crippen molar-refractivity contribution in [2.75, 3.05) is 5.32 Å². The average molecular weight is 438 g/mol. The molecule has 11 heteroatoms.